The van der Waals surface area contributed by atoms with Gasteiger partial charge in [0.25, 0.3) is 0 Å². The quantitative estimate of drug-likeness (QED) is 0.307. The highest BCUT2D eigenvalue weighted by Crippen LogP contribution is 2.19. The van der Waals surface area contributed by atoms with E-state index in [1.807, 2.05) is 0 Å². The Morgan fingerprint density at radius 2 is 2.07 bits per heavy atom. The molecule has 0 aromatic heterocycles. The normalized spacial score (nSPS) is 20.6. The summed E-state index contributed by atoms with van der Waals surface area (Å²) in [5.41, 5.74) is 2.43. The molecule has 2 fully saturated rings. The standard InChI is InChI=1S/C23H38N4O2.HI/c1-4-24-23(25-11-7-19-6-5-18(2)22(15-19)28-3)26-21-8-12-27(13-9-21)16-20-10-14-29-17-20;/h5-6,15,20-21H,4,7-14,16-17H2,1-3H3,(H2,24,25,26);1H. The number of benzene rings is 1. The molecule has 2 saturated heterocycles. The van der Waals surface area contributed by atoms with Crippen LogP contribution in [0.25, 0.3) is 0 Å². The summed E-state index contributed by atoms with van der Waals surface area (Å²) in [5.74, 6) is 2.63. The molecule has 1 atom stereocenters. The molecule has 6 nitrogen and oxygen atoms in total. The van der Waals surface area contributed by atoms with Crippen molar-refractivity contribution < 1.29 is 9.47 Å². The van der Waals surface area contributed by atoms with E-state index in [0.717, 1.165) is 63.4 Å². The summed E-state index contributed by atoms with van der Waals surface area (Å²) in [6.45, 7) is 11.2. The summed E-state index contributed by atoms with van der Waals surface area (Å²) in [6, 6.07) is 6.91. The summed E-state index contributed by atoms with van der Waals surface area (Å²) in [6.07, 6.45) is 4.48. The highest BCUT2D eigenvalue weighted by atomic mass is 127. The van der Waals surface area contributed by atoms with Gasteiger partial charge in [0.2, 0.25) is 0 Å². The van der Waals surface area contributed by atoms with E-state index >= 15 is 0 Å². The molecule has 2 N–H and O–H groups in total. The highest BCUT2D eigenvalue weighted by Gasteiger charge is 2.24. The second kappa shape index (κ2) is 13.4. The SMILES string of the molecule is CCNC(=NCCc1ccc(C)c(OC)c1)NC1CCN(CC2CCOC2)CC1.I. The number of hydrogen-bond acceptors (Lipinski definition) is 4. The lowest BCUT2D eigenvalue weighted by Gasteiger charge is -2.34. The van der Waals surface area contributed by atoms with Crippen LogP contribution in [0.15, 0.2) is 23.2 Å². The van der Waals surface area contributed by atoms with E-state index in [2.05, 4.69) is 47.6 Å². The molecule has 0 saturated carbocycles. The van der Waals surface area contributed by atoms with E-state index in [1.165, 1.54) is 36.9 Å². The lowest BCUT2D eigenvalue weighted by Crippen LogP contribution is -2.49. The van der Waals surface area contributed by atoms with Crippen molar-refractivity contribution in [2.45, 2.75) is 45.6 Å². The van der Waals surface area contributed by atoms with Crippen LogP contribution < -0.4 is 15.4 Å². The van der Waals surface area contributed by atoms with Crippen molar-refractivity contribution in [2.24, 2.45) is 10.9 Å². The second-order valence-corrected chi connectivity index (χ2v) is 8.26. The fourth-order valence-electron chi connectivity index (χ4n) is 4.18. The molecule has 0 aliphatic carbocycles. The Balaban J connectivity index is 0.00000320. The lowest BCUT2D eigenvalue weighted by atomic mass is 10.0. The number of ether oxygens (including phenoxy) is 2. The average molecular weight is 530 g/mol. The largest absolute Gasteiger partial charge is 0.496 e. The van der Waals surface area contributed by atoms with Crippen LogP contribution in [0.3, 0.4) is 0 Å². The third-order valence-electron chi connectivity index (χ3n) is 5.96. The van der Waals surface area contributed by atoms with E-state index < -0.39 is 0 Å². The number of piperidine rings is 1. The van der Waals surface area contributed by atoms with Gasteiger partial charge in [-0.2, -0.15) is 0 Å². The Hall–Kier alpha value is -1.06. The molecule has 0 bridgehead atoms. The Morgan fingerprint density at radius 3 is 2.73 bits per heavy atom. The third kappa shape index (κ3) is 7.89. The summed E-state index contributed by atoms with van der Waals surface area (Å²) in [7, 11) is 1.73. The maximum absolute atomic E-state index is 5.52. The lowest BCUT2D eigenvalue weighted by molar-refractivity contribution is 0.150. The van der Waals surface area contributed by atoms with E-state index in [1.54, 1.807) is 7.11 Å². The molecule has 30 heavy (non-hydrogen) atoms. The number of aliphatic imine (C=N–C) groups is 1. The monoisotopic (exact) mass is 530 g/mol. The van der Waals surface area contributed by atoms with Crippen LogP contribution in [0.5, 0.6) is 5.75 Å². The van der Waals surface area contributed by atoms with Gasteiger partial charge in [-0.25, -0.2) is 0 Å². The second-order valence-electron chi connectivity index (χ2n) is 8.26. The summed E-state index contributed by atoms with van der Waals surface area (Å²) in [5, 5.41) is 7.05. The highest BCUT2D eigenvalue weighted by molar-refractivity contribution is 14.0. The van der Waals surface area contributed by atoms with Crippen LogP contribution in [0.1, 0.15) is 37.3 Å². The summed E-state index contributed by atoms with van der Waals surface area (Å²) >= 11 is 0. The van der Waals surface area contributed by atoms with Crippen LogP contribution in [0, 0.1) is 12.8 Å². The van der Waals surface area contributed by atoms with Crippen LogP contribution >= 0.6 is 24.0 Å². The number of rotatable bonds is 8. The van der Waals surface area contributed by atoms with Crippen LogP contribution in [-0.2, 0) is 11.2 Å². The zero-order chi connectivity index (χ0) is 20.5. The van der Waals surface area contributed by atoms with E-state index in [-0.39, 0.29) is 24.0 Å². The fraction of sp³-hybridized carbons (Fsp3) is 0.696. The van der Waals surface area contributed by atoms with Gasteiger partial charge >= 0.3 is 0 Å². The Kier molecular flexibility index (Phi) is 11.2. The molecule has 170 valence electrons. The van der Waals surface area contributed by atoms with E-state index in [4.69, 9.17) is 14.5 Å². The Labute approximate surface area is 199 Å². The molecule has 0 spiro atoms. The minimum Gasteiger partial charge on any atom is -0.496 e. The van der Waals surface area contributed by atoms with Gasteiger partial charge in [-0.3, -0.25) is 4.99 Å². The molecule has 0 radical (unpaired) electrons. The van der Waals surface area contributed by atoms with Crippen LogP contribution in [-0.4, -0.2) is 69.9 Å². The zero-order valence-electron chi connectivity index (χ0n) is 18.8. The first kappa shape index (κ1) is 25.2. The molecule has 1 aromatic carbocycles. The molecular weight excluding hydrogens is 491 g/mol. The number of nitrogens with zero attached hydrogens (tertiary/aromatic N) is 2. The molecule has 0 amide bonds. The molecule has 7 heteroatoms. The van der Waals surface area contributed by atoms with Crippen molar-refractivity contribution in [2.75, 3.05) is 53.0 Å². The van der Waals surface area contributed by atoms with E-state index in [0.29, 0.717) is 6.04 Å². The average Bonchev–Trinajstić information content (AvgIpc) is 3.24. The van der Waals surface area contributed by atoms with Crippen molar-refractivity contribution in [1.82, 2.24) is 15.5 Å². The first-order chi connectivity index (χ1) is 14.2. The number of aryl methyl sites for hydroxylation is 1. The predicted molar refractivity (Wildman–Crippen MR) is 134 cm³/mol. The third-order valence-corrected chi connectivity index (χ3v) is 5.96. The minimum absolute atomic E-state index is 0. The minimum atomic E-state index is 0. The number of methoxy groups -OCH3 is 1. The van der Waals surface area contributed by atoms with Crippen molar-refractivity contribution in [3.8, 4) is 5.75 Å². The van der Waals surface area contributed by atoms with E-state index in [9.17, 15) is 0 Å². The maximum atomic E-state index is 5.52. The van der Waals surface area contributed by atoms with Gasteiger partial charge in [-0.1, -0.05) is 12.1 Å². The fourth-order valence-corrected chi connectivity index (χ4v) is 4.18. The zero-order valence-corrected chi connectivity index (χ0v) is 21.1. The molecule has 1 unspecified atom stereocenters. The molecule has 2 aliphatic heterocycles. The first-order valence-electron chi connectivity index (χ1n) is 11.2. The number of hydrogen-bond donors (Lipinski definition) is 2. The molecule has 2 aliphatic rings. The Morgan fingerprint density at radius 1 is 1.27 bits per heavy atom. The van der Waals surface area contributed by atoms with Gasteiger partial charge in [-0.05, 0) is 62.6 Å². The van der Waals surface area contributed by atoms with Gasteiger partial charge in [0.15, 0.2) is 5.96 Å². The van der Waals surface area contributed by atoms with Crippen molar-refractivity contribution in [3.63, 3.8) is 0 Å². The predicted octanol–water partition coefficient (Wildman–Crippen LogP) is 3.22. The topological polar surface area (TPSA) is 58.1 Å². The van der Waals surface area contributed by atoms with Crippen LogP contribution in [0.4, 0.5) is 0 Å². The molecule has 1 aromatic rings. The summed E-state index contributed by atoms with van der Waals surface area (Å²) in [4.78, 5) is 7.41. The number of halogens is 1. The summed E-state index contributed by atoms with van der Waals surface area (Å²) < 4.78 is 10.9. The molecule has 3 rings (SSSR count). The van der Waals surface area contributed by atoms with Gasteiger partial charge in [0.05, 0.1) is 13.7 Å². The smallest absolute Gasteiger partial charge is 0.191 e. The Bertz CT molecular complexity index is 657. The molecule has 2 heterocycles. The van der Waals surface area contributed by atoms with Crippen molar-refractivity contribution >= 4 is 29.9 Å². The van der Waals surface area contributed by atoms with Crippen LogP contribution in [0.2, 0.25) is 0 Å². The molecular formula is C23H39IN4O2. The van der Waals surface area contributed by atoms with Crippen molar-refractivity contribution in [1.29, 1.82) is 0 Å². The number of likely N-dealkylation sites (tertiary alicyclic amines) is 1. The first-order valence-corrected chi connectivity index (χ1v) is 11.2. The van der Waals surface area contributed by atoms with Gasteiger partial charge < -0.3 is 25.0 Å². The van der Waals surface area contributed by atoms with Gasteiger partial charge in [0, 0.05) is 45.4 Å². The van der Waals surface area contributed by atoms with Gasteiger partial charge in [0.1, 0.15) is 5.75 Å². The van der Waals surface area contributed by atoms with Gasteiger partial charge in [-0.15, -0.1) is 24.0 Å². The van der Waals surface area contributed by atoms with Crippen molar-refractivity contribution in [3.05, 3.63) is 29.3 Å². The number of nitrogens with one attached hydrogen (secondary N) is 2. The number of guanidine groups is 1. The maximum Gasteiger partial charge on any atom is 0.191 e.